The van der Waals surface area contributed by atoms with Gasteiger partial charge in [0, 0.05) is 21.4 Å². The van der Waals surface area contributed by atoms with Crippen LogP contribution in [0, 0.1) is 13.8 Å². The van der Waals surface area contributed by atoms with Crippen LogP contribution in [0.5, 0.6) is 0 Å². The van der Waals surface area contributed by atoms with E-state index in [1.54, 1.807) is 30.3 Å². The van der Waals surface area contributed by atoms with Crippen LogP contribution in [-0.4, -0.2) is 65.7 Å². The molecule has 0 saturated carbocycles. The summed E-state index contributed by atoms with van der Waals surface area (Å²) in [5, 5.41) is 27.4. The molecule has 4 N–H and O–H groups in total. The van der Waals surface area contributed by atoms with E-state index < -0.39 is 55.5 Å². The summed E-state index contributed by atoms with van der Waals surface area (Å²) in [6.07, 6.45) is -10.1. The molecule has 1 aliphatic rings. The molecule has 11 nitrogen and oxygen atoms in total. The van der Waals surface area contributed by atoms with E-state index in [4.69, 9.17) is 42.1 Å². The third kappa shape index (κ3) is 8.34. The van der Waals surface area contributed by atoms with Gasteiger partial charge in [-0.05, 0) is 67.4 Å². The van der Waals surface area contributed by atoms with Gasteiger partial charge in [0.05, 0.1) is 5.56 Å². The number of aliphatic hydroxyl groups is 2. The molecule has 0 aliphatic carbocycles. The molecule has 0 unspecified atom stereocenters. The minimum absolute atomic E-state index is 0.154. The molecule has 1 saturated heterocycles. The second kappa shape index (κ2) is 13.9. The topological polar surface area (TPSA) is 153 Å². The third-order valence-electron chi connectivity index (χ3n) is 6.09. The van der Waals surface area contributed by atoms with Crippen molar-refractivity contribution in [3.8, 4) is 0 Å². The summed E-state index contributed by atoms with van der Waals surface area (Å²) in [4.78, 5) is 38.0. The van der Waals surface area contributed by atoms with Crippen LogP contribution < -0.4 is 10.6 Å². The molecule has 1 fully saturated rings. The van der Waals surface area contributed by atoms with Gasteiger partial charge in [0.15, 0.2) is 18.5 Å². The zero-order valence-corrected chi connectivity index (χ0v) is 24.0. The quantitative estimate of drug-likeness (QED) is 0.210. The highest BCUT2D eigenvalue weighted by atomic mass is 35.5. The number of rotatable bonds is 7. The van der Waals surface area contributed by atoms with Crippen LogP contribution in [0.15, 0.2) is 66.7 Å². The Morgan fingerprint density at radius 2 is 1.40 bits per heavy atom. The molecule has 1 heterocycles. The lowest BCUT2D eigenvalue weighted by atomic mass is 9.98. The maximum Gasteiger partial charge on any atom is 0.412 e. The van der Waals surface area contributed by atoms with Crippen molar-refractivity contribution in [1.29, 1.82) is 0 Å². The van der Waals surface area contributed by atoms with Gasteiger partial charge in [0.2, 0.25) is 0 Å². The van der Waals surface area contributed by atoms with Crippen LogP contribution in [0.4, 0.5) is 21.0 Å². The summed E-state index contributed by atoms with van der Waals surface area (Å²) < 4.78 is 21.4. The Bertz CT molecular complexity index is 1400. The van der Waals surface area contributed by atoms with Crippen LogP contribution in [-0.2, 0) is 18.9 Å². The molecule has 4 rings (SSSR count). The Hall–Kier alpha value is -3.87. The van der Waals surface area contributed by atoms with Crippen molar-refractivity contribution < 1.29 is 43.5 Å². The zero-order valence-electron chi connectivity index (χ0n) is 22.5. The summed E-state index contributed by atoms with van der Waals surface area (Å²) in [7, 11) is 0. The number of benzene rings is 3. The number of carbonyl (C=O) groups is 3. The van der Waals surface area contributed by atoms with Crippen LogP contribution in [0.3, 0.4) is 0 Å². The predicted octanol–water partition coefficient (Wildman–Crippen LogP) is 5.08. The normalized spacial score (nSPS) is 21.6. The molecule has 1 aliphatic heterocycles. The fourth-order valence-electron chi connectivity index (χ4n) is 4.33. The first kappa shape index (κ1) is 31.1. The largest absolute Gasteiger partial charge is 0.449 e. The molecule has 222 valence electrons. The lowest BCUT2D eigenvalue weighted by Crippen LogP contribution is -2.61. The Morgan fingerprint density at radius 1 is 0.810 bits per heavy atom. The molecule has 13 heteroatoms. The molecular weight excluding hydrogens is 591 g/mol. The Labute approximate surface area is 251 Å². The molecule has 0 aromatic heterocycles. The first-order chi connectivity index (χ1) is 20.0. The molecule has 5 atom stereocenters. The first-order valence-corrected chi connectivity index (χ1v) is 13.5. The standard InChI is InChI=1S/C29H28Cl2N2O9/c1-15-8-16(2)10-20(9-15)33-29(38)42-24-23(34)22(14-39-28(37)32-21-12-18(30)11-19(31)13-21)40-27(36)25(24)41-26(35)17-6-4-3-5-7-17/h3-13,22-25,27,34,36H,14H2,1-2H3,(H,32,37)(H,33,38)/t22-,23-,24+,25-,27-/m1/s1. The van der Waals surface area contributed by atoms with Crippen LogP contribution in [0.2, 0.25) is 10.0 Å². The van der Waals surface area contributed by atoms with Crippen LogP contribution in [0.1, 0.15) is 21.5 Å². The lowest BCUT2D eigenvalue weighted by Gasteiger charge is -2.41. The van der Waals surface area contributed by atoms with Crippen LogP contribution >= 0.6 is 23.2 Å². The minimum Gasteiger partial charge on any atom is -0.449 e. The highest BCUT2D eigenvalue weighted by Crippen LogP contribution is 2.28. The van der Waals surface area contributed by atoms with Crippen LogP contribution in [0.25, 0.3) is 0 Å². The zero-order chi connectivity index (χ0) is 30.4. The number of nitrogens with one attached hydrogen (secondary N) is 2. The van der Waals surface area contributed by atoms with Crippen molar-refractivity contribution >= 4 is 52.7 Å². The molecule has 3 aromatic rings. The van der Waals surface area contributed by atoms with Crippen molar-refractivity contribution in [1.82, 2.24) is 0 Å². The number of halogens is 2. The highest BCUT2D eigenvalue weighted by molar-refractivity contribution is 6.35. The number of hydrogen-bond donors (Lipinski definition) is 4. The number of anilines is 2. The second-order valence-corrected chi connectivity index (χ2v) is 10.4. The van der Waals surface area contributed by atoms with Gasteiger partial charge < -0.3 is 29.2 Å². The average Bonchev–Trinajstić information content (AvgIpc) is 2.91. The van der Waals surface area contributed by atoms with E-state index in [2.05, 4.69) is 10.6 Å². The van der Waals surface area contributed by atoms with E-state index in [0.717, 1.165) is 11.1 Å². The number of esters is 1. The van der Waals surface area contributed by atoms with Gasteiger partial charge >= 0.3 is 18.2 Å². The molecule has 0 spiro atoms. The minimum atomic E-state index is -1.86. The smallest absolute Gasteiger partial charge is 0.412 e. The first-order valence-electron chi connectivity index (χ1n) is 12.7. The summed E-state index contributed by atoms with van der Waals surface area (Å²) in [5.41, 5.74) is 2.60. The summed E-state index contributed by atoms with van der Waals surface area (Å²) >= 11 is 11.9. The summed E-state index contributed by atoms with van der Waals surface area (Å²) in [5.74, 6) is -0.854. The average molecular weight is 619 g/mol. The lowest BCUT2D eigenvalue weighted by molar-refractivity contribution is -0.284. The van der Waals surface area contributed by atoms with E-state index in [1.165, 1.54) is 30.3 Å². The molecule has 2 amide bonds. The maximum absolute atomic E-state index is 12.9. The fourth-order valence-corrected chi connectivity index (χ4v) is 4.85. The van der Waals surface area contributed by atoms with Crippen molar-refractivity contribution in [3.63, 3.8) is 0 Å². The Kier molecular flexibility index (Phi) is 10.3. The van der Waals surface area contributed by atoms with Gasteiger partial charge in [-0.3, -0.25) is 10.6 Å². The van der Waals surface area contributed by atoms with E-state index in [-0.39, 0.29) is 21.3 Å². The SMILES string of the molecule is Cc1cc(C)cc(NC(=O)O[C@H]2[C@H](O)[C@@H](COC(=O)Nc3cc(Cl)cc(Cl)c3)O[C@@H](O)[C@@H]2OC(=O)c2ccccc2)c1. The summed E-state index contributed by atoms with van der Waals surface area (Å²) in [6.45, 7) is 3.13. The number of hydrogen-bond acceptors (Lipinski definition) is 9. The van der Waals surface area contributed by atoms with Gasteiger partial charge in [-0.2, -0.15) is 0 Å². The number of aryl methyl sites for hydroxylation is 2. The van der Waals surface area contributed by atoms with Crippen molar-refractivity contribution in [2.75, 3.05) is 17.2 Å². The van der Waals surface area contributed by atoms with Crippen molar-refractivity contribution in [2.45, 2.75) is 44.6 Å². The fraction of sp³-hybridized carbons (Fsp3) is 0.276. The number of carbonyl (C=O) groups excluding carboxylic acids is 3. The number of amides is 2. The van der Waals surface area contributed by atoms with Gasteiger partial charge in [-0.25, -0.2) is 14.4 Å². The molecule has 3 aromatic carbocycles. The number of aliphatic hydroxyl groups excluding tert-OH is 2. The predicted molar refractivity (Wildman–Crippen MR) is 154 cm³/mol. The van der Waals surface area contributed by atoms with Gasteiger partial charge in [0.25, 0.3) is 0 Å². The molecule has 0 bridgehead atoms. The third-order valence-corrected chi connectivity index (χ3v) is 6.52. The second-order valence-electron chi connectivity index (χ2n) is 9.54. The van der Waals surface area contributed by atoms with Crippen molar-refractivity contribution in [2.24, 2.45) is 0 Å². The monoisotopic (exact) mass is 618 g/mol. The van der Waals surface area contributed by atoms with Gasteiger partial charge in [-0.1, -0.05) is 47.5 Å². The maximum atomic E-state index is 12.9. The van der Waals surface area contributed by atoms with E-state index in [1.807, 2.05) is 19.9 Å². The van der Waals surface area contributed by atoms with E-state index in [9.17, 15) is 24.6 Å². The summed E-state index contributed by atoms with van der Waals surface area (Å²) in [6, 6.07) is 17.6. The van der Waals surface area contributed by atoms with Gasteiger partial charge in [-0.15, -0.1) is 0 Å². The Balaban J connectivity index is 1.48. The Morgan fingerprint density at radius 3 is 2.05 bits per heavy atom. The van der Waals surface area contributed by atoms with E-state index in [0.29, 0.717) is 5.69 Å². The van der Waals surface area contributed by atoms with E-state index >= 15 is 0 Å². The molecule has 42 heavy (non-hydrogen) atoms. The highest BCUT2D eigenvalue weighted by Gasteiger charge is 2.50. The van der Waals surface area contributed by atoms with Crippen molar-refractivity contribution in [3.05, 3.63) is 93.5 Å². The number of ether oxygens (including phenoxy) is 4. The molecule has 0 radical (unpaired) electrons. The molecular formula is C29H28Cl2N2O9. The van der Waals surface area contributed by atoms with Gasteiger partial charge in [0.1, 0.15) is 18.8 Å².